The molecule has 2 heterocycles. The largest absolute Gasteiger partial charge is 0.310 e. The highest BCUT2D eigenvalue weighted by atomic mass is 32.2. The molecule has 0 atom stereocenters. The summed E-state index contributed by atoms with van der Waals surface area (Å²) in [5.74, 6) is -0.753. The molecule has 0 aliphatic heterocycles. The lowest BCUT2D eigenvalue weighted by Gasteiger charge is -2.07. The third-order valence-corrected chi connectivity index (χ3v) is 7.32. The van der Waals surface area contributed by atoms with Gasteiger partial charge in [0.25, 0.3) is 0 Å². The first-order chi connectivity index (χ1) is 14.7. The number of rotatable bonds is 6. The summed E-state index contributed by atoms with van der Waals surface area (Å²) in [7, 11) is -3.57. The van der Waals surface area contributed by atoms with Gasteiger partial charge < -0.3 is 5.32 Å². The zero-order valence-electron chi connectivity index (χ0n) is 16.8. The standard InChI is InChI=1S/C21H19FN4O3S2/c1-13-3-6-16(7-4-13)31(28,29)10-9-20(27)24-19-11-14(2)25-26(19)21-23-17-8-5-15(22)12-18(17)30-21/h3-8,11-12H,9-10H2,1-2H3,(H,24,27). The molecule has 0 aliphatic rings. The second-order valence-corrected chi connectivity index (χ2v) is 10.2. The summed E-state index contributed by atoms with van der Waals surface area (Å²) in [5.41, 5.74) is 2.22. The van der Waals surface area contributed by atoms with Crippen molar-refractivity contribution < 1.29 is 17.6 Å². The molecule has 2 aromatic heterocycles. The third kappa shape index (κ3) is 4.64. The average Bonchev–Trinajstić information content (AvgIpc) is 3.29. The average molecular weight is 459 g/mol. The van der Waals surface area contributed by atoms with Gasteiger partial charge in [0.15, 0.2) is 9.84 Å². The van der Waals surface area contributed by atoms with Crippen molar-refractivity contribution in [3.8, 4) is 5.13 Å². The number of hydrogen-bond acceptors (Lipinski definition) is 6. The van der Waals surface area contributed by atoms with Crippen molar-refractivity contribution in [1.29, 1.82) is 0 Å². The summed E-state index contributed by atoms with van der Waals surface area (Å²) in [4.78, 5) is 17.1. The quantitative estimate of drug-likeness (QED) is 0.471. The molecule has 4 rings (SSSR count). The maximum atomic E-state index is 13.5. The number of carbonyl (C=O) groups excluding carboxylic acids is 1. The lowest BCUT2D eigenvalue weighted by Crippen LogP contribution is -2.19. The minimum atomic E-state index is -3.57. The fourth-order valence-electron chi connectivity index (χ4n) is 3.01. The molecule has 31 heavy (non-hydrogen) atoms. The number of hydrogen-bond donors (Lipinski definition) is 1. The second-order valence-electron chi connectivity index (χ2n) is 7.12. The Hall–Kier alpha value is -3.11. The van der Waals surface area contributed by atoms with E-state index in [-0.39, 0.29) is 22.9 Å². The number of nitrogens with one attached hydrogen (secondary N) is 1. The lowest BCUT2D eigenvalue weighted by molar-refractivity contribution is -0.115. The number of aromatic nitrogens is 3. The minimum absolute atomic E-state index is 0.188. The number of carbonyl (C=O) groups is 1. The predicted molar refractivity (Wildman–Crippen MR) is 118 cm³/mol. The number of fused-ring (bicyclic) bond motifs is 1. The minimum Gasteiger partial charge on any atom is -0.310 e. The number of anilines is 1. The summed E-state index contributed by atoms with van der Waals surface area (Å²) < 4.78 is 40.6. The van der Waals surface area contributed by atoms with Crippen LogP contribution in [0.5, 0.6) is 0 Å². The highest BCUT2D eigenvalue weighted by molar-refractivity contribution is 7.91. The topological polar surface area (TPSA) is 94.0 Å². The molecule has 0 spiro atoms. The molecule has 0 saturated heterocycles. The van der Waals surface area contributed by atoms with Crippen molar-refractivity contribution in [3.05, 3.63) is 65.6 Å². The summed E-state index contributed by atoms with van der Waals surface area (Å²) >= 11 is 1.24. The maximum absolute atomic E-state index is 13.5. The number of nitrogens with zero attached hydrogens (tertiary/aromatic N) is 3. The van der Waals surface area contributed by atoms with Crippen LogP contribution < -0.4 is 5.32 Å². The summed E-state index contributed by atoms with van der Waals surface area (Å²) in [6.45, 7) is 3.64. The van der Waals surface area contributed by atoms with E-state index < -0.39 is 15.7 Å². The number of aryl methyl sites for hydroxylation is 2. The van der Waals surface area contributed by atoms with Gasteiger partial charge in [-0.1, -0.05) is 29.0 Å². The first-order valence-corrected chi connectivity index (χ1v) is 11.9. The van der Waals surface area contributed by atoms with Crippen molar-refractivity contribution in [2.75, 3.05) is 11.1 Å². The number of benzene rings is 2. The molecule has 0 bridgehead atoms. The molecule has 2 aromatic carbocycles. The molecule has 160 valence electrons. The van der Waals surface area contributed by atoms with Gasteiger partial charge in [-0.2, -0.15) is 9.78 Å². The summed E-state index contributed by atoms with van der Waals surface area (Å²) in [5, 5.41) is 7.53. The van der Waals surface area contributed by atoms with Crippen LogP contribution in [0.3, 0.4) is 0 Å². The van der Waals surface area contributed by atoms with Gasteiger partial charge in [-0.25, -0.2) is 17.8 Å². The summed E-state index contributed by atoms with van der Waals surface area (Å²) in [6.07, 6.45) is -0.203. The molecule has 0 unspecified atom stereocenters. The summed E-state index contributed by atoms with van der Waals surface area (Å²) in [6, 6.07) is 12.5. The van der Waals surface area contributed by atoms with E-state index in [0.29, 0.717) is 26.9 Å². The van der Waals surface area contributed by atoms with E-state index in [9.17, 15) is 17.6 Å². The Morgan fingerprint density at radius 2 is 1.87 bits per heavy atom. The van der Waals surface area contributed by atoms with Gasteiger partial charge in [-0.3, -0.25) is 4.79 Å². The Morgan fingerprint density at radius 1 is 1.13 bits per heavy atom. The van der Waals surface area contributed by atoms with Crippen molar-refractivity contribution in [2.24, 2.45) is 0 Å². The fourth-order valence-corrected chi connectivity index (χ4v) is 5.20. The van der Waals surface area contributed by atoms with Gasteiger partial charge in [0.05, 0.1) is 26.6 Å². The van der Waals surface area contributed by atoms with Crippen molar-refractivity contribution in [3.63, 3.8) is 0 Å². The normalized spacial score (nSPS) is 11.7. The zero-order valence-corrected chi connectivity index (χ0v) is 18.4. The van der Waals surface area contributed by atoms with Crippen LogP contribution in [0.25, 0.3) is 15.3 Å². The molecule has 0 aliphatic carbocycles. The number of sulfone groups is 1. The number of thiazole rings is 1. The highest BCUT2D eigenvalue weighted by Crippen LogP contribution is 2.28. The van der Waals surface area contributed by atoms with E-state index in [4.69, 9.17) is 0 Å². The van der Waals surface area contributed by atoms with Gasteiger partial charge in [-0.15, -0.1) is 0 Å². The molecule has 10 heteroatoms. The van der Waals surface area contributed by atoms with Gasteiger partial charge in [0.2, 0.25) is 11.0 Å². The van der Waals surface area contributed by atoms with Crippen molar-refractivity contribution >= 4 is 43.1 Å². The van der Waals surface area contributed by atoms with Crippen LogP contribution in [0.15, 0.2) is 53.4 Å². The number of halogens is 1. The fraction of sp³-hybridized carbons (Fsp3) is 0.190. The Balaban J connectivity index is 1.50. The van der Waals surface area contributed by atoms with Gasteiger partial charge in [0.1, 0.15) is 11.6 Å². The predicted octanol–water partition coefficient (Wildman–Crippen LogP) is 4.04. The Labute approximate surface area is 182 Å². The number of amides is 1. The van der Waals surface area contributed by atoms with Gasteiger partial charge >= 0.3 is 0 Å². The molecule has 7 nitrogen and oxygen atoms in total. The third-order valence-electron chi connectivity index (χ3n) is 4.60. The highest BCUT2D eigenvalue weighted by Gasteiger charge is 2.19. The smallest absolute Gasteiger partial charge is 0.226 e. The van der Waals surface area contributed by atoms with Crippen LogP contribution in [0, 0.1) is 19.7 Å². The van der Waals surface area contributed by atoms with E-state index in [1.54, 1.807) is 31.2 Å². The molecule has 4 aromatic rings. The molecule has 1 amide bonds. The van der Waals surface area contributed by atoms with Crippen LogP contribution in [-0.4, -0.2) is 34.8 Å². The van der Waals surface area contributed by atoms with Crippen LogP contribution in [-0.2, 0) is 14.6 Å². The molecule has 1 N–H and O–H groups in total. The molecule has 0 radical (unpaired) electrons. The lowest BCUT2D eigenvalue weighted by atomic mass is 10.2. The van der Waals surface area contributed by atoms with E-state index >= 15 is 0 Å². The Morgan fingerprint density at radius 3 is 2.61 bits per heavy atom. The molecular weight excluding hydrogens is 439 g/mol. The van der Waals surface area contributed by atoms with Gasteiger partial charge in [0, 0.05) is 12.5 Å². The molecule has 0 fully saturated rings. The zero-order chi connectivity index (χ0) is 22.2. The van der Waals surface area contributed by atoms with Crippen LogP contribution in [0.4, 0.5) is 10.2 Å². The van der Waals surface area contributed by atoms with E-state index in [1.807, 2.05) is 6.92 Å². The van der Waals surface area contributed by atoms with Crippen LogP contribution in [0.1, 0.15) is 17.7 Å². The van der Waals surface area contributed by atoms with Crippen molar-refractivity contribution in [2.45, 2.75) is 25.2 Å². The van der Waals surface area contributed by atoms with Crippen LogP contribution in [0.2, 0.25) is 0 Å². The van der Waals surface area contributed by atoms with E-state index in [2.05, 4.69) is 15.4 Å². The second kappa shape index (κ2) is 8.20. The molecule has 0 saturated carbocycles. The SMILES string of the molecule is Cc1ccc(S(=O)(=O)CCC(=O)Nc2cc(C)nn2-c2nc3ccc(F)cc3s2)cc1. The van der Waals surface area contributed by atoms with Crippen LogP contribution >= 0.6 is 11.3 Å². The van der Waals surface area contributed by atoms with E-state index in [1.165, 1.54) is 40.3 Å². The maximum Gasteiger partial charge on any atom is 0.226 e. The Bertz CT molecular complexity index is 1380. The Kier molecular flexibility index (Phi) is 5.59. The first-order valence-electron chi connectivity index (χ1n) is 9.44. The molecular formula is C21H19FN4O3S2. The monoisotopic (exact) mass is 458 g/mol. The van der Waals surface area contributed by atoms with Crippen molar-refractivity contribution in [1.82, 2.24) is 14.8 Å². The van der Waals surface area contributed by atoms with E-state index in [0.717, 1.165) is 5.56 Å². The first kappa shape index (κ1) is 21.1. The van der Waals surface area contributed by atoms with Gasteiger partial charge in [-0.05, 0) is 44.2 Å².